The van der Waals surface area contributed by atoms with E-state index in [9.17, 15) is 19.2 Å². The van der Waals surface area contributed by atoms with Gasteiger partial charge in [-0.2, -0.15) is 0 Å². The topological polar surface area (TPSA) is 114 Å². The van der Waals surface area contributed by atoms with Crippen molar-refractivity contribution >= 4 is 84.7 Å². The summed E-state index contributed by atoms with van der Waals surface area (Å²) in [5, 5.41) is 5.24. The summed E-state index contributed by atoms with van der Waals surface area (Å²) in [6.45, 7) is -0.0515. The normalized spacial score (nSPS) is 13.9. The lowest BCUT2D eigenvalue weighted by Crippen LogP contribution is -2.54. The van der Waals surface area contributed by atoms with Crippen LogP contribution in [0.5, 0.6) is 11.5 Å². The van der Waals surface area contributed by atoms with Crippen molar-refractivity contribution in [2.24, 2.45) is 0 Å². The molecule has 1 aliphatic rings. The van der Waals surface area contributed by atoms with E-state index >= 15 is 0 Å². The van der Waals surface area contributed by atoms with Gasteiger partial charge in [-0.1, -0.05) is 70.0 Å². The van der Waals surface area contributed by atoms with E-state index in [-0.39, 0.29) is 17.0 Å². The molecule has 0 aliphatic carbocycles. The minimum Gasteiger partial charge on any atom is -0.489 e. The molecular weight excluding hydrogens is 718 g/mol. The molecule has 5 amide bonds. The Kier molecular flexibility index (Phi) is 9.78. The predicted octanol–water partition coefficient (Wildman–Crippen LogP) is 7.13. The van der Waals surface area contributed by atoms with Gasteiger partial charge in [-0.3, -0.25) is 19.7 Å². The second kappa shape index (κ2) is 13.9. The molecule has 12 heteroatoms. The molecule has 0 bridgehead atoms. The monoisotopic (exact) mass is 737 g/mol. The first-order valence-electron chi connectivity index (χ1n) is 13.0. The third-order valence-corrected chi connectivity index (χ3v) is 7.65. The minimum atomic E-state index is -0.891. The summed E-state index contributed by atoms with van der Waals surface area (Å²) in [6, 6.07) is 25.1. The number of imide groups is 2. The number of benzene rings is 4. The Balaban J connectivity index is 1.35. The molecule has 1 fully saturated rings. The SMILES string of the molecule is O=C(COc1c(Br)cc(Br)cc1/C=C1/C(=O)NC(=O)N(c2ccc(OCc3ccccc3)cc2)C1=O)Nc1ccccc1Cl. The second-order valence-electron chi connectivity index (χ2n) is 9.35. The maximum absolute atomic E-state index is 13.5. The molecule has 0 spiro atoms. The molecule has 222 valence electrons. The van der Waals surface area contributed by atoms with Crippen LogP contribution < -0.4 is 25.0 Å². The van der Waals surface area contributed by atoms with Gasteiger partial charge in [-0.15, -0.1) is 0 Å². The summed E-state index contributed by atoms with van der Waals surface area (Å²) < 4.78 is 12.7. The number of para-hydroxylation sites is 1. The molecule has 1 heterocycles. The van der Waals surface area contributed by atoms with Crippen LogP contribution in [0.2, 0.25) is 5.02 Å². The molecular formula is C32H22Br2ClN3O6. The van der Waals surface area contributed by atoms with E-state index < -0.39 is 30.4 Å². The highest BCUT2D eigenvalue weighted by Crippen LogP contribution is 2.35. The van der Waals surface area contributed by atoms with Gasteiger partial charge in [0.2, 0.25) is 0 Å². The number of carbonyl (C=O) groups is 4. The lowest BCUT2D eigenvalue weighted by molar-refractivity contribution is -0.122. The fourth-order valence-electron chi connectivity index (χ4n) is 4.21. The van der Waals surface area contributed by atoms with E-state index in [1.807, 2.05) is 30.3 Å². The van der Waals surface area contributed by atoms with Crippen LogP contribution in [0.25, 0.3) is 6.08 Å². The van der Waals surface area contributed by atoms with E-state index in [2.05, 4.69) is 42.5 Å². The van der Waals surface area contributed by atoms with Gasteiger partial charge in [0.05, 0.1) is 20.9 Å². The van der Waals surface area contributed by atoms with Gasteiger partial charge in [-0.05, 0) is 76.1 Å². The smallest absolute Gasteiger partial charge is 0.335 e. The molecule has 2 N–H and O–H groups in total. The Bertz CT molecular complexity index is 1780. The van der Waals surface area contributed by atoms with Crippen molar-refractivity contribution in [3.05, 3.63) is 122 Å². The zero-order valence-corrected chi connectivity index (χ0v) is 26.6. The number of hydrogen-bond donors (Lipinski definition) is 2. The van der Waals surface area contributed by atoms with Crippen LogP contribution in [-0.4, -0.2) is 30.4 Å². The van der Waals surface area contributed by atoms with E-state index in [1.54, 1.807) is 60.7 Å². The minimum absolute atomic E-state index is 0.193. The molecule has 5 rings (SSSR count). The lowest BCUT2D eigenvalue weighted by atomic mass is 10.1. The summed E-state index contributed by atoms with van der Waals surface area (Å²) in [5.74, 6) is -1.47. The molecule has 44 heavy (non-hydrogen) atoms. The van der Waals surface area contributed by atoms with Crippen molar-refractivity contribution < 1.29 is 28.7 Å². The highest BCUT2D eigenvalue weighted by Gasteiger charge is 2.37. The number of anilines is 2. The number of nitrogens with one attached hydrogen (secondary N) is 2. The molecule has 1 saturated heterocycles. The standard InChI is InChI=1S/C32H22Br2ClN3O6/c33-21-14-20(29(25(34)16-21)44-18-28(39)36-27-9-5-4-8-26(27)35)15-24-30(40)37-32(42)38(31(24)41)22-10-12-23(13-11-22)43-17-19-6-2-1-3-7-19/h1-16H,17-18H2,(H,36,39)(H,37,40,42)/b24-15-. The van der Waals surface area contributed by atoms with Crippen molar-refractivity contribution in [1.82, 2.24) is 5.32 Å². The Hall–Kier alpha value is -4.45. The third kappa shape index (κ3) is 7.36. The van der Waals surface area contributed by atoms with Gasteiger partial charge in [-0.25, -0.2) is 9.69 Å². The Labute approximate surface area is 274 Å². The number of carbonyl (C=O) groups excluding carboxylic acids is 4. The van der Waals surface area contributed by atoms with Crippen LogP contribution in [0.1, 0.15) is 11.1 Å². The first-order chi connectivity index (χ1) is 21.2. The fourth-order valence-corrected chi connectivity index (χ4v) is 5.76. The molecule has 4 aromatic carbocycles. The molecule has 9 nitrogen and oxygen atoms in total. The number of urea groups is 1. The molecule has 4 aromatic rings. The fraction of sp³-hybridized carbons (Fsp3) is 0.0625. The van der Waals surface area contributed by atoms with Crippen LogP contribution in [0, 0.1) is 0 Å². The average Bonchev–Trinajstić information content (AvgIpc) is 3.00. The zero-order valence-electron chi connectivity index (χ0n) is 22.7. The van der Waals surface area contributed by atoms with Crippen LogP contribution in [0.3, 0.4) is 0 Å². The number of barbiturate groups is 1. The Morgan fingerprint density at radius 2 is 1.61 bits per heavy atom. The van der Waals surface area contributed by atoms with Crippen LogP contribution in [0.15, 0.2) is 106 Å². The van der Waals surface area contributed by atoms with Crippen LogP contribution in [-0.2, 0) is 21.0 Å². The maximum Gasteiger partial charge on any atom is 0.335 e. The number of nitrogens with zero attached hydrogens (tertiary/aromatic N) is 1. The van der Waals surface area contributed by atoms with Crippen molar-refractivity contribution in [3.8, 4) is 11.5 Å². The zero-order chi connectivity index (χ0) is 31.2. The van der Waals surface area contributed by atoms with Crippen molar-refractivity contribution in [2.45, 2.75) is 6.61 Å². The van der Waals surface area contributed by atoms with E-state index in [0.29, 0.717) is 37.6 Å². The van der Waals surface area contributed by atoms with Gasteiger partial charge in [0.1, 0.15) is 23.7 Å². The van der Waals surface area contributed by atoms with Crippen molar-refractivity contribution in [3.63, 3.8) is 0 Å². The largest absolute Gasteiger partial charge is 0.489 e. The van der Waals surface area contributed by atoms with Gasteiger partial charge >= 0.3 is 6.03 Å². The number of ether oxygens (including phenoxy) is 2. The first kappa shape index (κ1) is 31.0. The maximum atomic E-state index is 13.5. The highest BCUT2D eigenvalue weighted by atomic mass is 79.9. The van der Waals surface area contributed by atoms with E-state index in [1.165, 1.54) is 6.08 Å². The quantitative estimate of drug-likeness (QED) is 0.140. The Morgan fingerprint density at radius 3 is 2.34 bits per heavy atom. The molecule has 0 radical (unpaired) electrons. The molecule has 0 aromatic heterocycles. The number of amides is 5. The van der Waals surface area contributed by atoms with Gasteiger partial charge < -0.3 is 14.8 Å². The van der Waals surface area contributed by atoms with Gasteiger partial charge in [0, 0.05) is 10.0 Å². The van der Waals surface area contributed by atoms with Crippen molar-refractivity contribution in [1.29, 1.82) is 0 Å². The van der Waals surface area contributed by atoms with E-state index in [4.69, 9.17) is 21.1 Å². The number of halogens is 3. The van der Waals surface area contributed by atoms with Crippen molar-refractivity contribution in [2.75, 3.05) is 16.8 Å². The second-order valence-corrected chi connectivity index (χ2v) is 11.5. The number of rotatable bonds is 9. The Morgan fingerprint density at radius 1 is 0.909 bits per heavy atom. The van der Waals surface area contributed by atoms with E-state index in [0.717, 1.165) is 10.5 Å². The third-order valence-electron chi connectivity index (χ3n) is 6.28. The molecule has 0 unspecified atom stereocenters. The lowest BCUT2D eigenvalue weighted by Gasteiger charge is -2.26. The molecule has 0 saturated carbocycles. The van der Waals surface area contributed by atoms with Crippen LogP contribution >= 0.6 is 43.5 Å². The molecule has 1 aliphatic heterocycles. The van der Waals surface area contributed by atoms with Gasteiger partial charge in [0.15, 0.2) is 6.61 Å². The summed E-state index contributed by atoms with van der Waals surface area (Å²) in [5.41, 5.74) is 1.63. The number of hydrogen-bond acceptors (Lipinski definition) is 6. The van der Waals surface area contributed by atoms with Gasteiger partial charge in [0.25, 0.3) is 17.7 Å². The summed E-state index contributed by atoms with van der Waals surface area (Å²) in [7, 11) is 0. The summed E-state index contributed by atoms with van der Waals surface area (Å²) in [6.07, 6.45) is 1.30. The predicted molar refractivity (Wildman–Crippen MR) is 174 cm³/mol. The molecule has 0 atom stereocenters. The van der Waals surface area contributed by atoms with Crippen LogP contribution in [0.4, 0.5) is 16.2 Å². The average molecular weight is 740 g/mol. The first-order valence-corrected chi connectivity index (χ1v) is 15.0. The highest BCUT2D eigenvalue weighted by molar-refractivity contribution is 9.11. The summed E-state index contributed by atoms with van der Waals surface area (Å²) in [4.78, 5) is 52.6. The summed E-state index contributed by atoms with van der Waals surface area (Å²) >= 11 is 12.9.